The molecule has 0 saturated carbocycles. The van der Waals surface area contributed by atoms with Gasteiger partial charge in [0.05, 0.1) is 0 Å². The monoisotopic (exact) mass is 254 g/mol. The van der Waals surface area contributed by atoms with E-state index in [0.717, 1.165) is 16.9 Å². The summed E-state index contributed by atoms with van der Waals surface area (Å²) in [5, 5.41) is 18.9. The molecule has 0 amide bonds. The minimum atomic E-state index is -1.53. The Hall–Kier alpha value is -1.78. The van der Waals surface area contributed by atoms with E-state index < -0.39 is 7.12 Å². The fourth-order valence-electron chi connectivity index (χ4n) is 2.69. The molecule has 96 valence electrons. The molecule has 4 heteroatoms. The molecule has 19 heavy (non-hydrogen) atoms. The highest BCUT2D eigenvalue weighted by atomic mass is 16.5. The van der Waals surface area contributed by atoms with E-state index in [-0.39, 0.29) is 5.41 Å². The molecule has 1 aliphatic heterocycles. The Bertz CT molecular complexity index is 635. The second-order valence-corrected chi connectivity index (χ2v) is 5.32. The zero-order chi connectivity index (χ0) is 13.6. The van der Waals surface area contributed by atoms with Crippen LogP contribution >= 0.6 is 0 Å². The van der Waals surface area contributed by atoms with Crippen LogP contribution in [0, 0.1) is 0 Å². The summed E-state index contributed by atoms with van der Waals surface area (Å²) in [6.45, 7) is 4.22. The molecule has 3 nitrogen and oxygen atoms in total. The molecule has 1 heterocycles. The summed E-state index contributed by atoms with van der Waals surface area (Å²) in [7, 11) is -1.53. The van der Waals surface area contributed by atoms with Gasteiger partial charge in [-0.25, -0.2) is 0 Å². The number of para-hydroxylation sites is 2. The van der Waals surface area contributed by atoms with Gasteiger partial charge in [0.2, 0.25) is 0 Å². The zero-order valence-corrected chi connectivity index (χ0v) is 10.9. The van der Waals surface area contributed by atoms with E-state index in [0.29, 0.717) is 11.2 Å². The van der Waals surface area contributed by atoms with Crippen molar-refractivity contribution in [1.29, 1.82) is 0 Å². The van der Waals surface area contributed by atoms with Gasteiger partial charge in [-0.2, -0.15) is 0 Å². The smallest absolute Gasteiger partial charge is 0.457 e. The Labute approximate surface area is 112 Å². The van der Waals surface area contributed by atoms with E-state index in [9.17, 15) is 10.0 Å². The normalized spacial score (nSPS) is 15.2. The average Bonchev–Trinajstić information content (AvgIpc) is 2.38. The van der Waals surface area contributed by atoms with Gasteiger partial charge in [-0.3, -0.25) is 0 Å². The molecule has 0 spiro atoms. The predicted octanol–water partition coefficient (Wildman–Crippen LogP) is 1.80. The number of benzene rings is 2. The quantitative estimate of drug-likeness (QED) is 0.763. The zero-order valence-electron chi connectivity index (χ0n) is 10.9. The maximum absolute atomic E-state index is 9.47. The van der Waals surface area contributed by atoms with Crippen LogP contribution < -0.4 is 10.2 Å². The van der Waals surface area contributed by atoms with Crippen LogP contribution in [0.3, 0.4) is 0 Å². The van der Waals surface area contributed by atoms with Crippen molar-refractivity contribution in [3.05, 3.63) is 53.6 Å². The summed E-state index contributed by atoms with van der Waals surface area (Å²) >= 11 is 0. The summed E-state index contributed by atoms with van der Waals surface area (Å²) in [6.07, 6.45) is 0. The van der Waals surface area contributed by atoms with E-state index in [1.165, 1.54) is 0 Å². The fraction of sp³-hybridized carbons (Fsp3) is 0.200. The lowest BCUT2D eigenvalue weighted by molar-refractivity contribution is 0.405. The second-order valence-electron chi connectivity index (χ2n) is 5.32. The minimum absolute atomic E-state index is 0.227. The standard InChI is InChI=1S/C15H15BO3/c1-15(2)10-6-3-4-9-13(10)19-14-11(15)7-5-8-12(14)16(17)18/h3-9,17-18H,1-2H3. The van der Waals surface area contributed by atoms with Crippen molar-refractivity contribution in [2.75, 3.05) is 0 Å². The molecule has 0 unspecified atom stereocenters. The lowest BCUT2D eigenvalue weighted by atomic mass is 9.70. The van der Waals surface area contributed by atoms with Crippen LogP contribution in [0.1, 0.15) is 25.0 Å². The molecule has 2 aromatic rings. The van der Waals surface area contributed by atoms with Crippen molar-refractivity contribution in [2.45, 2.75) is 19.3 Å². The molecule has 0 aromatic heterocycles. The highest BCUT2D eigenvalue weighted by Gasteiger charge is 2.36. The molecule has 0 fully saturated rings. The van der Waals surface area contributed by atoms with Crippen LogP contribution in [0.4, 0.5) is 0 Å². The number of fused-ring (bicyclic) bond motifs is 2. The van der Waals surface area contributed by atoms with E-state index in [4.69, 9.17) is 4.74 Å². The highest BCUT2D eigenvalue weighted by molar-refractivity contribution is 6.59. The van der Waals surface area contributed by atoms with Gasteiger partial charge in [-0.15, -0.1) is 0 Å². The summed E-state index contributed by atoms with van der Waals surface area (Å²) < 4.78 is 5.89. The lowest BCUT2D eigenvalue weighted by Crippen LogP contribution is -2.35. The molecule has 0 bridgehead atoms. The molecule has 1 aliphatic rings. The molecule has 2 aromatic carbocycles. The van der Waals surface area contributed by atoms with Gasteiger partial charge in [-0.05, 0) is 6.07 Å². The number of ether oxygens (including phenoxy) is 1. The van der Waals surface area contributed by atoms with Crippen LogP contribution in [0.5, 0.6) is 11.5 Å². The van der Waals surface area contributed by atoms with Crippen LogP contribution in [-0.2, 0) is 5.41 Å². The first kappa shape index (κ1) is 12.3. The summed E-state index contributed by atoms with van der Waals surface area (Å²) in [5.74, 6) is 1.33. The second kappa shape index (κ2) is 4.12. The number of hydrogen-bond donors (Lipinski definition) is 2. The van der Waals surface area contributed by atoms with E-state index in [1.807, 2.05) is 36.4 Å². The summed E-state index contributed by atoms with van der Waals surface area (Å²) in [6, 6.07) is 13.3. The van der Waals surface area contributed by atoms with Gasteiger partial charge in [0, 0.05) is 22.0 Å². The van der Waals surface area contributed by atoms with Gasteiger partial charge in [0.15, 0.2) is 0 Å². The van der Waals surface area contributed by atoms with E-state index in [1.54, 1.807) is 6.07 Å². The third-order valence-corrected chi connectivity index (χ3v) is 3.77. The first-order valence-electron chi connectivity index (χ1n) is 6.28. The highest BCUT2D eigenvalue weighted by Crippen LogP contribution is 2.46. The van der Waals surface area contributed by atoms with Crippen molar-refractivity contribution in [1.82, 2.24) is 0 Å². The van der Waals surface area contributed by atoms with Crippen molar-refractivity contribution < 1.29 is 14.8 Å². The molecule has 0 radical (unpaired) electrons. The first-order valence-corrected chi connectivity index (χ1v) is 6.28. The van der Waals surface area contributed by atoms with Gasteiger partial charge in [0.1, 0.15) is 11.5 Å². The SMILES string of the molecule is CC1(C)c2ccccc2Oc2c(B(O)O)cccc21. The number of hydrogen-bond acceptors (Lipinski definition) is 3. The van der Waals surface area contributed by atoms with Crippen LogP contribution in [0.2, 0.25) is 0 Å². The molecule has 0 aliphatic carbocycles. The maximum atomic E-state index is 9.47. The molecular weight excluding hydrogens is 239 g/mol. The predicted molar refractivity (Wildman–Crippen MR) is 74.9 cm³/mol. The van der Waals surface area contributed by atoms with Crippen molar-refractivity contribution in [3.8, 4) is 11.5 Å². The minimum Gasteiger partial charge on any atom is -0.457 e. The van der Waals surface area contributed by atoms with Crippen molar-refractivity contribution >= 4 is 12.6 Å². The van der Waals surface area contributed by atoms with Gasteiger partial charge < -0.3 is 14.8 Å². The Kier molecular flexibility index (Phi) is 2.66. The lowest BCUT2D eigenvalue weighted by Gasteiger charge is -2.35. The molecular formula is C15H15BO3. The maximum Gasteiger partial charge on any atom is 0.492 e. The molecule has 3 rings (SSSR count). The average molecular weight is 254 g/mol. The molecule has 2 N–H and O–H groups in total. The third kappa shape index (κ3) is 1.76. The molecule has 0 saturated heterocycles. The Morgan fingerprint density at radius 1 is 0.947 bits per heavy atom. The van der Waals surface area contributed by atoms with Gasteiger partial charge >= 0.3 is 7.12 Å². The largest absolute Gasteiger partial charge is 0.492 e. The van der Waals surface area contributed by atoms with E-state index >= 15 is 0 Å². The Balaban J connectivity index is 2.27. The molecule has 0 atom stereocenters. The third-order valence-electron chi connectivity index (χ3n) is 3.77. The number of rotatable bonds is 1. The summed E-state index contributed by atoms with van der Waals surface area (Å²) in [4.78, 5) is 0. The summed E-state index contributed by atoms with van der Waals surface area (Å²) in [5.41, 5.74) is 2.25. The van der Waals surface area contributed by atoms with Crippen LogP contribution in [0.15, 0.2) is 42.5 Å². The van der Waals surface area contributed by atoms with Gasteiger partial charge in [0.25, 0.3) is 0 Å². The first-order chi connectivity index (χ1) is 9.01. The van der Waals surface area contributed by atoms with Crippen LogP contribution in [-0.4, -0.2) is 17.2 Å². The Morgan fingerprint density at radius 3 is 2.37 bits per heavy atom. The Morgan fingerprint density at radius 2 is 1.63 bits per heavy atom. The van der Waals surface area contributed by atoms with E-state index in [2.05, 4.69) is 13.8 Å². The topological polar surface area (TPSA) is 49.7 Å². The van der Waals surface area contributed by atoms with Crippen molar-refractivity contribution in [2.24, 2.45) is 0 Å². The van der Waals surface area contributed by atoms with Gasteiger partial charge in [-0.1, -0.05) is 50.2 Å². The fourth-order valence-corrected chi connectivity index (χ4v) is 2.69. The van der Waals surface area contributed by atoms with Crippen molar-refractivity contribution in [3.63, 3.8) is 0 Å². The van der Waals surface area contributed by atoms with Crippen LogP contribution in [0.25, 0.3) is 0 Å².